The Labute approximate surface area is 145 Å². The van der Waals surface area contributed by atoms with E-state index in [2.05, 4.69) is 22.4 Å². The van der Waals surface area contributed by atoms with Crippen molar-refractivity contribution < 1.29 is 9.21 Å². The van der Waals surface area contributed by atoms with Gasteiger partial charge in [0.1, 0.15) is 5.58 Å². The molecule has 0 bridgehead atoms. The number of nitrogens with zero attached hydrogens (tertiary/aromatic N) is 1. The molecule has 0 unspecified atom stereocenters. The minimum atomic E-state index is -0.0644. The molecule has 25 heavy (non-hydrogen) atoms. The maximum atomic E-state index is 12.5. The number of benzene rings is 2. The van der Waals surface area contributed by atoms with Crippen LogP contribution in [0.25, 0.3) is 21.7 Å². The van der Waals surface area contributed by atoms with Crippen LogP contribution in [0.2, 0.25) is 0 Å². The van der Waals surface area contributed by atoms with Crippen LogP contribution in [-0.4, -0.2) is 10.9 Å². The number of nitrogens with one attached hydrogen (secondary N) is 1. The number of carbonyl (C=O) groups is 1. The average molecular weight is 330 g/mol. The summed E-state index contributed by atoms with van der Waals surface area (Å²) in [5.41, 5.74) is 2.75. The molecule has 2 heterocycles. The third-order valence-corrected chi connectivity index (χ3v) is 4.47. The van der Waals surface area contributed by atoms with Crippen LogP contribution in [0, 0.1) is 0 Å². The van der Waals surface area contributed by atoms with E-state index in [1.54, 1.807) is 18.7 Å². The predicted molar refractivity (Wildman–Crippen MR) is 98.2 cm³/mol. The minimum absolute atomic E-state index is 0.0278. The van der Waals surface area contributed by atoms with Gasteiger partial charge in [0.15, 0.2) is 0 Å². The lowest BCUT2D eigenvalue weighted by molar-refractivity contribution is -0.121. The molecular weight excluding hydrogens is 312 g/mol. The van der Waals surface area contributed by atoms with E-state index < -0.39 is 0 Å². The molecule has 2 aromatic carbocycles. The van der Waals surface area contributed by atoms with Gasteiger partial charge < -0.3 is 9.73 Å². The first-order chi connectivity index (χ1) is 12.2. The molecule has 4 rings (SSSR count). The number of rotatable bonds is 4. The van der Waals surface area contributed by atoms with E-state index in [9.17, 15) is 4.79 Å². The number of pyridine rings is 1. The van der Waals surface area contributed by atoms with Crippen molar-refractivity contribution >= 4 is 27.6 Å². The highest BCUT2D eigenvalue weighted by molar-refractivity contribution is 6.08. The molecule has 124 valence electrons. The van der Waals surface area contributed by atoms with Gasteiger partial charge in [-0.2, -0.15) is 0 Å². The van der Waals surface area contributed by atoms with E-state index in [1.807, 2.05) is 43.3 Å². The topological polar surface area (TPSA) is 55.1 Å². The van der Waals surface area contributed by atoms with Crippen LogP contribution in [0.1, 0.15) is 24.1 Å². The van der Waals surface area contributed by atoms with Gasteiger partial charge >= 0.3 is 0 Å². The molecule has 0 radical (unpaired) electrons. The lowest BCUT2D eigenvalue weighted by Gasteiger charge is -2.13. The van der Waals surface area contributed by atoms with Gasteiger partial charge in [-0.25, -0.2) is 0 Å². The summed E-state index contributed by atoms with van der Waals surface area (Å²) in [7, 11) is 0. The molecule has 1 amide bonds. The van der Waals surface area contributed by atoms with E-state index in [-0.39, 0.29) is 18.4 Å². The second-order valence-corrected chi connectivity index (χ2v) is 6.17. The quantitative estimate of drug-likeness (QED) is 0.603. The van der Waals surface area contributed by atoms with Crippen LogP contribution in [0.4, 0.5) is 0 Å². The van der Waals surface area contributed by atoms with E-state index in [0.29, 0.717) is 0 Å². The molecule has 4 nitrogen and oxygen atoms in total. The summed E-state index contributed by atoms with van der Waals surface area (Å²) in [5.74, 6) is -0.0278. The van der Waals surface area contributed by atoms with Crippen LogP contribution in [-0.2, 0) is 11.2 Å². The summed E-state index contributed by atoms with van der Waals surface area (Å²) in [6.07, 6.45) is 5.44. The van der Waals surface area contributed by atoms with E-state index in [4.69, 9.17) is 4.42 Å². The first kappa shape index (κ1) is 15.4. The monoisotopic (exact) mass is 330 g/mol. The average Bonchev–Trinajstić information content (AvgIpc) is 3.05. The van der Waals surface area contributed by atoms with Crippen molar-refractivity contribution in [2.45, 2.75) is 19.4 Å². The van der Waals surface area contributed by atoms with Crippen molar-refractivity contribution in [3.05, 3.63) is 78.3 Å². The van der Waals surface area contributed by atoms with Crippen LogP contribution in [0.15, 0.2) is 71.6 Å². The highest BCUT2D eigenvalue weighted by Gasteiger charge is 2.15. The van der Waals surface area contributed by atoms with E-state index in [0.717, 1.165) is 32.9 Å². The van der Waals surface area contributed by atoms with Gasteiger partial charge in [0.05, 0.1) is 18.7 Å². The predicted octanol–water partition coefficient (Wildman–Crippen LogP) is 4.40. The largest absolute Gasteiger partial charge is 0.464 e. The van der Waals surface area contributed by atoms with Crippen molar-refractivity contribution in [2.75, 3.05) is 0 Å². The fourth-order valence-corrected chi connectivity index (χ4v) is 3.21. The normalized spacial score (nSPS) is 12.4. The van der Waals surface area contributed by atoms with Gasteiger partial charge in [0.25, 0.3) is 0 Å². The lowest BCUT2D eigenvalue weighted by Crippen LogP contribution is -2.28. The molecule has 0 aliphatic carbocycles. The summed E-state index contributed by atoms with van der Waals surface area (Å²) in [6.45, 7) is 1.97. The maximum Gasteiger partial charge on any atom is 0.225 e. The summed E-state index contributed by atoms with van der Waals surface area (Å²) >= 11 is 0. The number of hydrogen-bond acceptors (Lipinski definition) is 3. The molecule has 0 saturated heterocycles. The minimum Gasteiger partial charge on any atom is -0.464 e. The highest BCUT2D eigenvalue weighted by Crippen LogP contribution is 2.30. The van der Waals surface area contributed by atoms with Crippen molar-refractivity contribution in [3.8, 4) is 0 Å². The van der Waals surface area contributed by atoms with Gasteiger partial charge in [-0.3, -0.25) is 9.78 Å². The molecule has 0 aliphatic heterocycles. The molecule has 4 aromatic rings. The third-order valence-electron chi connectivity index (χ3n) is 4.47. The fourth-order valence-electron chi connectivity index (χ4n) is 3.21. The van der Waals surface area contributed by atoms with Crippen LogP contribution in [0.5, 0.6) is 0 Å². The molecule has 4 heteroatoms. The zero-order chi connectivity index (χ0) is 17.2. The van der Waals surface area contributed by atoms with Gasteiger partial charge in [0, 0.05) is 23.3 Å². The Kier molecular flexibility index (Phi) is 3.94. The van der Waals surface area contributed by atoms with Gasteiger partial charge in [-0.1, -0.05) is 30.3 Å². The molecule has 2 aromatic heterocycles. The Morgan fingerprint density at radius 2 is 1.92 bits per heavy atom. The third kappa shape index (κ3) is 2.98. The molecule has 0 fully saturated rings. The van der Waals surface area contributed by atoms with Gasteiger partial charge in [0.2, 0.25) is 5.91 Å². The Hall–Kier alpha value is -3.14. The molecular formula is C21H18N2O2. The van der Waals surface area contributed by atoms with Crippen molar-refractivity contribution in [2.24, 2.45) is 0 Å². The van der Waals surface area contributed by atoms with E-state index >= 15 is 0 Å². The van der Waals surface area contributed by atoms with E-state index in [1.165, 1.54) is 0 Å². The maximum absolute atomic E-state index is 12.5. The Balaban J connectivity index is 1.60. The Morgan fingerprint density at radius 3 is 2.76 bits per heavy atom. The first-order valence-electron chi connectivity index (χ1n) is 8.29. The fraction of sp³-hybridized carbons (Fsp3) is 0.143. The van der Waals surface area contributed by atoms with Gasteiger partial charge in [-0.15, -0.1) is 0 Å². The second-order valence-electron chi connectivity index (χ2n) is 6.17. The first-order valence-corrected chi connectivity index (χ1v) is 8.29. The number of amides is 1. The highest BCUT2D eigenvalue weighted by atomic mass is 16.3. The van der Waals surface area contributed by atoms with Gasteiger partial charge in [-0.05, 0) is 41.5 Å². The molecule has 1 N–H and O–H groups in total. The summed E-state index contributed by atoms with van der Waals surface area (Å²) in [6, 6.07) is 15.9. The number of hydrogen-bond donors (Lipinski definition) is 1. The van der Waals surface area contributed by atoms with Crippen molar-refractivity contribution in [3.63, 3.8) is 0 Å². The van der Waals surface area contributed by atoms with Crippen LogP contribution < -0.4 is 5.32 Å². The number of aromatic nitrogens is 1. The molecule has 0 saturated carbocycles. The lowest BCUT2D eigenvalue weighted by atomic mass is 10.0. The Bertz CT molecular complexity index is 1040. The Morgan fingerprint density at radius 1 is 1.12 bits per heavy atom. The SMILES string of the molecule is C[C@@H](NC(=O)Cc1coc2ccc3ccccc3c12)c1ccncc1. The van der Waals surface area contributed by atoms with Crippen molar-refractivity contribution in [1.29, 1.82) is 0 Å². The summed E-state index contributed by atoms with van der Waals surface area (Å²) in [4.78, 5) is 16.5. The zero-order valence-corrected chi connectivity index (χ0v) is 13.9. The van der Waals surface area contributed by atoms with Crippen LogP contribution >= 0.6 is 0 Å². The molecule has 0 spiro atoms. The van der Waals surface area contributed by atoms with Crippen molar-refractivity contribution in [1.82, 2.24) is 10.3 Å². The molecule has 1 atom stereocenters. The smallest absolute Gasteiger partial charge is 0.225 e. The summed E-state index contributed by atoms with van der Waals surface area (Å²) in [5, 5.41) is 6.31. The summed E-state index contributed by atoms with van der Waals surface area (Å²) < 4.78 is 5.66. The number of carbonyl (C=O) groups excluding carboxylic acids is 1. The second kappa shape index (κ2) is 6.40. The number of fused-ring (bicyclic) bond motifs is 3. The van der Waals surface area contributed by atoms with Crippen LogP contribution in [0.3, 0.4) is 0 Å². The standard InChI is InChI=1S/C21H18N2O2/c1-14(15-8-10-22-11-9-15)23-20(24)12-17-13-25-19-7-6-16-4-2-3-5-18(16)21(17)19/h2-11,13-14H,12H2,1H3,(H,23,24)/t14-/m1/s1. The number of furan rings is 1. The molecule has 0 aliphatic rings. The zero-order valence-electron chi connectivity index (χ0n) is 13.9.